The Labute approximate surface area is 113 Å². The average Bonchev–Trinajstić information content (AvgIpc) is 2.35. The van der Waals surface area contributed by atoms with Crippen LogP contribution in [0.5, 0.6) is 0 Å². The zero-order valence-corrected chi connectivity index (χ0v) is 11.5. The van der Waals surface area contributed by atoms with E-state index in [1.54, 1.807) is 19.9 Å². The summed E-state index contributed by atoms with van der Waals surface area (Å²) in [5.41, 5.74) is 1.80. The molecule has 0 fully saturated rings. The normalized spacial score (nSPS) is 10.3. The molecule has 1 rings (SSSR count). The second kappa shape index (κ2) is 6.78. The van der Waals surface area contributed by atoms with Crippen molar-refractivity contribution in [3.8, 4) is 0 Å². The summed E-state index contributed by atoms with van der Waals surface area (Å²) in [5, 5.41) is 11.5. The van der Waals surface area contributed by atoms with Gasteiger partial charge >= 0.3 is 12.0 Å². The molecule has 2 amide bonds. The molecule has 0 unspecified atom stereocenters. The third-order valence-electron chi connectivity index (χ3n) is 2.78. The Morgan fingerprint density at radius 1 is 1.37 bits per heavy atom. The summed E-state index contributed by atoms with van der Waals surface area (Å²) in [6, 6.07) is 6.95. The molecule has 1 aromatic rings. The van der Waals surface area contributed by atoms with Crippen LogP contribution >= 0.6 is 0 Å². The van der Waals surface area contributed by atoms with Crippen LogP contribution in [0.4, 0.5) is 10.5 Å². The second-order valence-electron chi connectivity index (χ2n) is 4.60. The fourth-order valence-electron chi connectivity index (χ4n) is 1.70. The predicted octanol–water partition coefficient (Wildman–Crippen LogP) is 2.58. The number of urea groups is 1. The topological polar surface area (TPSA) is 69.6 Å². The molecule has 0 saturated carbocycles. The van der Waals surface area contributed by atoms with Crippen molar-refractivity contribution in [3.63, 3.8) is 0 Å². The number of aryl methyl sites for hydroxylation is 1. The molecule has 0 atom stereocenters. The largest absolute Gasteiger partial charge is 0.480 e. The first-order valence-electron chi connectivity index (χ1n) is 6.32. The van der Waals surface area contributed by atoms with Crippen molar-refractivity contribution in [2.75, 3.05) is 11.9 Å². The third-order valence-corrected chi connectivity index (χ3v) is 2.78. The summed E-state index contributed by atoms with van der Waals surface area (Å²) in [4.78, 5) is 24.1. The average molecular weight is 264 g/mol. The van der Waals surface area contributed by atoms with Crippen molar-refractivity contribution in [3.05, 3.63) is 29.8 Å². The Morgan fingerprint density at radius 3 is 2.58 bits per heavy atom. The number of hydrogen-bond donors (Lipinski definition) is 2. The Bertz CT molecular complexity index is 458. The monoisotopic (exact) mass is 264 g/mol. The van der Waals surface area contributed by atoms with Gasteiger partial charge in [-0.1, -0.05) is 19.1 Å². The number of nitrogens with one attached hydrogen (secondary N) is 1. The number of carbonyl (C=O) groups excluding carboxylic acids is 1. The number of rotatable bonds is 5. The van der Waals surface area contributed by atoms with Crippen LogP contribution in [-0.4, -0.2) is 34.6 Å². The van der Waals surface area contributed by atoms with Crippen LogP contribution in [0.2, 0.25) is 0 Å². The van der Waals surface area contributed by atoms with Crippen molar-refractivity contribution in [1.82, 2.24) is 4.90 Å². The molecule has 0 aliphatic heterocycles. The first kappa shape index (κ1) is 15.0. The van der Waals surface area contributed by atoms with Crippen molar-refractivity contribution in [2.45, 2.75) is 33.2 Å². The van der Waals surface area contributed by atoms with Gasteiger partial charge in [-0.15, -0.1) is 0 Å². The summed E-state index contributed by atoms with van der Waals surface area (Å²) in [7, 11) is 0. The van der Waals surface area contributed by atoms with E-state index in [2.05, 4.69) is 5.32 Å². The summed E-state index contributed by atoms with van der Waals surface area (Å²) in [6.45, 7) is 5.29. The number of aliphatic carboxylic acids is 1. The van der Waals surface area contributed by atoms with Gasteiger partial charge in [0.05, 0.1) is 0 Å². The van der Waals surface area contributed by atoms with Gasteiger partial charge in [-0.2, -0.15) is 0 Å². The van der Waals surface area contributed by atoms with Crippen LogP contribution < -0.4 is 5.32 Å². The molecule has 104 valence electrons. The molecule has 2 N–H and O–H groups in total. The molecule has 0 aliphatic carbocycles. The first-order chi connectivity index (χ1) is 8.93. The molecule has 19 heavy (non-hydrogen) atoms. The van der Waals surface area contributed by atoms with Gasteiger partial charge in [-0.05, 0) is 38.0 Å². The van der Waals surface area contributed by atoms with E-state index in [1.165, 1.54) is 4.90 Å². The number of carboxylic acid groups (broad SMARTS) is 1. The van der Waals surface area contributed by atoms with Gasteiger partial charge in [0.1, 0.15) is 6.54 Å². The van der Waals surface area contributed by atoms with E-state index in [0.717, 1.165) is 12.0 Å². The van der Waals surface area contributed by atoms with Crippen LogP contribution in [0, 0.1) is 0 Å². The smallest absolute Gasteiger partial charge is 0.323 e. The van der Waals surface area contributed by atoms with E-state index in [4.69, 9.17) is 5.11 Å². The molecule has 0 heterocycles. The zero-order chi connectivity index (χ0) is 14.4. The van der Waals surface area contributed by atoms with Gasteiger partial charge in [0.15, 0.2) is 0 Å². The molecule has 0 spiro atoms. The molecule has 1 aromatic carbocycles. The van der Waals surface area contributed by atoms with Gasteiger partial charge in [-0.25, -0.2) is 4.79 Å². The maximum atomic E-state index is 12.0. The van der Waals surface area contributed by atoms with Crippen LogP contribution in [0.1, 0.15) is 26.3 Å². The lowest BCUT2D eigenvalue weighted by molar-refractivity contribution is -0.137. The summed E-state index contributed by atoms with van der Waals surface area (Å²) in [6.07, 6.45) is 0.882. The lowest BCUT2D eigenvalue weighted by Crippen LogP contribution is -2.43. The molecule has 0 bridgehead atoms. The minimum atomic E-state index is -1.02. The maximum Gasteiger partial charge on any atom is 0.323 e. The maximum absolute atomic E-state index is 12.0. The number of anilines is 1. The molecule has 0 saturated heterocycles. The molecule has 5 nitrogen and oxygen atoms in total. The van der Waals surface area contributed by atoms with Crippen molar-refractivity contribution < 1.29 is 14.7 Å². The van der Waals surface area contributed by atoms with Gasteiger partial charge in [0, 0.05) is 11.7 Å². The Hall–Kier alpha value is -2.04. The van der Waals surface area contributed by atoms with Gasteiger partial charge < -0.3 is 15.3 Å². The number of hydrogen-bond acceptors (Lipinski definition) is 2. The van der Waals surface area contributed by atoms with E-state index in [9.17, 15) is 9.59 Å². The van der Waals surface area contributed by atoms with Gasteiger partial charge in [0.2, 0.25) is 0 Å². The fourth-order valence-corrected chi connectivity index (χ4v) is 1.70. The highest BCUT2D eigenvalue weighted by molar-refractivity contribution is 5.91. The lowest BCUT2D eigenvalue weighted by atomic mass is 10.1. The van der Waals surface area contributed by atoms with Crippen LogP contribution in [0.25, 0.3) is 0 Å². The van der Waals surface area contributed by atoms with Crippen LogP contribution in [-0.2, 0) is 11.2 Å². The summed E-state index contributed by atoms with van der Waals surface area (Å²) in [5.74, 6) is -1.02. The first-order valence-corrected chi connectivity index (χ1v) is 6.32. The number of carbonyl (C=O) groups is 2. The quantitative estimate of drug-likeness (QED) is 0.858. The fraction of sp³-hybridized carbons (Fsp3) is 0.429. The highest BCUT2D eigenvalue weighted by atomic mass is 16.4. The van der Waals surface area contributed by atoms with E-state index < -0.39 is 12.0 Å². The number of nitrogens with zero attached hydrogens (tertiary/aromatic N) is 1. The van der Waals surface area contributed by atoms with E-state index in [-0.39, 0.29) is 12.6 Å². The third kappa shape index (κ3) is 4.62. The van der Waals surface area contributed by atoms with Crippen LogP contribution in [0.15, 0.2) is 24.3 Å². The highest BCUT2D eigenvalue weighted by Crippen LogP contribution is 2.12. The molecule has 0 aliphatic rings. The van der Waals surface area contributed by atoms with Gasteiger partial charge in [0.25, 0.3) is 0 Å². The Morgan fingerprint density at radius 2 is 2.05 bits per heavy atom. The van der Waals surface area contributed by atoms with Crippen molar-refractivity contribution in [1.29, 1.82) is 0 Å². The van der Waals surface area contributed by atoms with Crippen molar-refractivity contribution in [2.24, 2.45) is 0 Å². The predicted molar refractivity (Wildman–Crippen MR) is 74.3 cm³/mol. The van der Waals surface area contributed by atoms with E-state index in [1.807, 2.05) is 25.1 Å². The highest BCUT2D eigenvalue weighted by Gasteiger charge is 2.19. The Balaban J connectivity index is 2.77. The second-order valence-corrected chi connectivity index (χ2v) is 4.60. The number of benzene rings is 1. The summed E-state index contributed by atoms with van der Waals surface area (Å²) >= 11 is 0. The molecule has 5 heteroatoms. The molecular weight excluding hydrogens is 244 g/mol. The number of carboxylic acids is 1. The van der Waals surface area contributed by atoms with E-state index >= 15 is 0 Å². The molecule has 0 radical (unpaired) electrons. The van der Waals surface area contributed by atoms with Crippen LogP contribution in [0.3, 0.4) is 0 Å². The lowest BCUT2D eigenvalue weighted by Gasteiger charge is -2.25. The molecular formula is C14H20N2O3. The van der Waals surface area contributed by atoms with Gasteiger partial charge in [-0.3, -0.25) is 4.79 Å². The number of amides is 2. The van der Waals surface area contributed by atoms with E-state index in [0.29, 0.717) is 5.69 Å². The zero-order valence-electron chi connectivity index (χ0n) is 11.5. The summed E-state index contributed by atoms with van der Waals surface area (Å²) < 4.78 is 0. The minimum absolute atomic E-state index is 0.176. The SMILES string of the molecule is CCc1cccc(NC(=O)N(CC(=O)O)C(C)C)c1. The minimum Gasteiger partial charge on any atom is -0.480 e. The molecule has 0 aromatic heterocycles. The standard InChI is InChI=1S/C14H20N2O3/c1-4-11-6-5-7-12(8-11)15-14(19)16(10(2)3)9-13(17)18/h5-8,10H,4,9H2,1-3H3,(H,15,19)(H,17,18). The van der Waals surface area contributed by atoms with Crippen molar-refractivity contribution >= 4 is 17.7 Å². The Kier molecular flexibility index (Phi) is 5.36.